The fourth-order valence-corrected chi connectivity index (χ4v) is 4.91. The molecule has 0 spiro atoms. The van der Waals surface area contributed by atoms with Gasteiger partial charge in [-0.2, -0.15) is 0 Å². The van der Waals surface area contributed by atoms with Gasteiger partial charge in [0.05, 0.1) is 9.26 Å². The Balaban J connectivity index is 2.94. The average Bonchev–Trinajstić information content (AvgIpc) is 1.80. The van der Waals surface area contributed by atoms with Gasteiger partial charge in [0.15, 0.2) is 0 Å². The van der Waals surface area contributed by atoms with E-state index in [1.54, 1.807) is 19.7 Å². The van der Waals surface area contributed by atoms with Gasteiger partial charge in [0.2, 0.25) is 0 Å². The van der Waals surface area contributed by atoms with Crippen molar-refractivity contribution >= 4 is 38.2 Å². The van der Waals surface area contributed by atoms with Crippen LogP contribution in [-0.4, -0.2) is 10.2 Å². The summed E-state index contributed by atoms with van der Waals surface area (Å²) in [6.45, 7) is 0. The molecule has 2 aromatic heterocycles. The minimum Gasteiger partial charge on any atom is -0.362 e. The molecule has 0 aliphatic carbocycles. The molecule has 2 heterocycles. The van der Waals surface area contributed by atoms with Crippen LogP contribution in [0.25, 0.3) is 4.14 Å². The molecule has 1 unspecified atom stereocenters. The van der Waals surface area contributed by atoms with Gasteiger partial charge in [0.1, 0.15) is 19.7 Å². The van der Waals surface area contributed by atoms with E-state index in [2.05, 4.69) is 10.2 Å². The predicted molar refractivity (Wildman–Crippen MR) is 37.6 cm³/mol. The van der Waals surface area contributed by atoms with Crippen LogP contribution in [0.15, 0.2) is 0 Å². The first-order chi connectivity index (χ1) is 3.88. The molecule has 0 fully saturated rings. The molecule has 0 saturated carbocycles. The van der Waals surface area contributed by atoms with Crippen molar-refractivity contribution in [2.75, 3.05) is 5.73 Å². The van der Waals surface area contributed by atoms with Crippen molar-refractivity contribution in [2.45, 2.75) is 0 Å². The molecule has 8 heavy (non-hydrogen) atoms. The zero-order valence-electron chi connectivity index (χ0n) is 3.70. The van der Waals surface area contributed by atoms with E-state index in [-0.39, 0.29) is 9.26 Å². The van der Waals surface area contributed by atoms with Crippen molar-refractivity contribution in [1.29, 1.82) is 0 Å². The number of aromatic nitrogens is 2. The van der Waals surface area contributed by atoms with Crippen LogP contribution in [0.2, 0.25) is 0 Å². The highest BCUT2D eigenvalue weighted by molar-refractivity contribution is 8.10. The maximum atomic E-state index is 5.43. The smallest absolute Gasteiger partial charge is 0.332 e. The molecule has 0 aliphatic heterocycles. The Morgan fingerprint density at radius 3 is 2.62 bits per heavy atom. The molecule has 3 nitrogen and oxygen atoms in total. The zero-order valence-corrected chi connectivity index (χ0v) is 6.15. The molecule has 6 heteroatoms. The minimum atomic E-state index is 0.0756. The number of nitrogens with two attached hydrogens (primary N) is 1. The number of rotatable bonds is 0. The second kappa shape index (κ2) is 1.40. The summed E-state index contributed by atoms with van der Waals surface area (Å²) in [6, 6.07) is 0. The van der Waals surface area contributed by atoms with Crippen LogP contribution in [0.3, 0.4) is 0 Å². The highest BCUT2D eigenvalue weighted by Gasteiger charge is 2.14. The van der Waals surface area contributed by atoms with Crippen molar-refractivity contribution in [2.24, 2.45) is 0 Å². The first-order valence-corrected chi connectivity index (χ1v) is 5.77. The molecule has 1 atom stereocenters. The Morgan fingerprint density at radius 1 is 1.50 bits per heavy atom. The first kappa shape index (κ1) is 4.66. The number of fused-ring (bicyclic) bond motifs is 1. The van der Waals surface area contributed by atoms with Gasteiger partial charge >= 0.3 is 4.14 Å². The largest absolute Gasteiger partial charge is 0.362 e. The summed E-state index contributed by atoms with van der Waals surface area (Å²) in [5, 5.41) is 8.22. The predicted octanol–water partition coefficient (Wildman–Crippen LogP) is 1.38. The second-order valence-electron chi connectivity index (χ2n) is 1.22. The van der Waals surface area contributed by atoms with Crippen LogP contribution in [0.4, 0.5) is 5.13 Å². The van der Waals surface area contributed by atoms with E-state index in [9.17, 15) is 0 Å². The van der Waals surface area contributed by atoms with Crippen LogP contribution in [-0.2, 0) is 0 Å². The van der Waals surface area contributed by atoms with E-state index in [0.717, 1.165) is 4.14 Å². The van der Waals surface area contributed by atoms with E-state index >= 15 is 0 Å². The summed E-state index contributed by atoms with van der Waals surface area (Å²) < 4.78 is 1.09. The number of hydrogen-bond donors (Lipinski definition) is 1. The number of nitrogens with zero attached hydrogens (tertiary/aromatic N) is 2. The van der Waals surface area contributed by atoms with E-state index in [1.807, 2.05) is 0 Å². The lowest BCUT2D eigenvalue weighted by Crippen LogP contribution is -1.80. The van der Waals surface area contributed by atoms with Gasteiger partial charge in [0.25, 0.3) is 5.13 Å². The van der Waals surface area contributed by atoms with Crippen molar-refractivity contribution < 1.29 is 0 Å². The quantitative estimate of drug-likeness (QED) is 0.473. The topological polar surface area (TPSA) is 51.8 Å². The van der Waals surface area contributed by atoms with Gasteiger partial charge in [-0.1, -0.05) is 5.10 Å². The summed E-state index contributed by atoms with van der Waals surface area (Å²) >= 11 is 0. The molecule has 0 aliphatic rings. The fourth-order valence-electron chi connectivity index (χ4n) is 0.404. The maximum absolute atomic E-state index is 5.43. The third kappa shape index (κ3) is 0.422. The van der Waals surface area contributed by atoms with Gasteiger partial charge in [0, 0.05) is 0 Å². The highest BCUT2D eigenvalue weighted by Crippen LogP contribution is 2.42. The van der Waals surface area contributed by atoms with Crippen LogP contribution in [0.1, 0.15) is 0 Å². The van der Waals surface area contributed by atoms with Crippen molar-refractivity contribution in [3.63, 3.8) is 0 Å². The zero-order chi connectivity index (χ0) is 5.56. The van der Waals surface area contributed by atoms with E-state index in [4.69, 9.17) is 5.73 Å². The Hall–Kier alpha value is -0.200. The van der Waals surface area contributed by atoms with Crippen LogP contribution in [0, 0.1) is 0 Å². The number of hydrogen-bond acceptors (Lipinski definition) is 5. The van der Waals surface area contributed by atoms with Crippen LogP contribution >= 0.6 is 28.9 Å². The van der Waals surface area contributed by atoms with Gasteiger partial charge in [-0.15, -0.1) is 5.10 Å². The normalized spacial score (nSPS) is 13.2. The van der Waals surface area contributed by atoms with Crippen LogP contribution in [0.5, 0.6) is 0 Å². The van der Waals surface area contributed by atoms with E-state index < -0.39 is 0 Å². The molecular formula is C2H2N3S3+. The van der Waals surface area contributed by atoms with E-state index in [0.29, 0.717) is 5.13 Å². The maximum Gasteiger partial charge on any atom is 0.332 e. The fraction of sp³-hybridized carbons (Fsp3) is 0. The third-order valence-electron chi connectivity index (χ3n) is 0.752. The lowest BCUT2D eigenvalue weighted by atomic mass is 11.3. The van der Waals surface area contributed by atoms with E-state index in [1.165, 1.54) is 0 Å². The first-order valence-electron chi connectivity index (χ1n) is 1.88. The molecule has 0 amide bonds. The van der Waals surface area contributed by atoms with Gasteiger partial charge < -0.3 is 5.73 Å². The van der Waals surface area contributed by atoms with Crippen LogP contribution < -0.4 is 5.73 Å². The summed E-state index contributed by atoms with van der Waals surface area (Å²) in [5.41, 5.74) is 5.43. The average molecular weight is 164 g/mol. The Labute approximate surface area is 54.5 Å². The summed E-state index contributed by atoms with van der Waals surface area (Å²) in [4.78, 5) is 0. The van der Waals surface area contributed by atoms with Gasteiger partial charge in [-0.3, -0.25) is 0 Å². The Kier molecular flexibility index (Phi) is 0.813. The van der Waals surface area contributed by atoms with Gasteiger partial charge in [-0.05, 0) is 0 Å². The molecule has 42 valence electrons. The standard InChI is InChI=1S/C2H2N3S3/c3-1-4-5-2-6-7-8(1)2/h(H2,3,4)/q+1. The molecule has 2 N–H and O–H groups in total. The van der Waals surface area contributed by atoms with Gasteiger partial charge in [-0.25, -0.2) is 0 Å². The molecular weight excluding hydrogens is 162 g/mol. The monoisotopic (exact) mass is 164 g/mol. The molecule has 0 saturated heterocycles. The molecule has 2 aromatic rings. The molecule has 0 radical (unpaired) electrons. The third-order valence-corrected chi connectivity index (χ3v) is 7.33. The lowest BCUT2D eigenvalue weighted by Gasteiger charge is -1.76. The highest BCUT2D eigenvalue weighted by atomic mass is 33.3. The summed E-state index contributed by atoms with van der Waals surface area (Å²) in [6.07, 6.45) is 0. The lowest BCUT2D eigenvalue weighted by molar-refractivity contribution is 1.13. The number of nitrogen functional groups attached to an aromatic ring is 1. The molecule has 0 aromatic carbocycles. The SMILES string of the molecule is Nc1nnc2ss[s+]12. The Bertz CT molecular complexity index is 290. The molecule has 2 rings (SSSR count). The number of anilines is 1. The minimum absolute atomic E-state index is 0.0756. The second-order valence-corrected chi connectivity index (χ2v) is 6.65. The van der Waals surface area contributed by atoms with Crippen molar-refractivity contribution in [1.82, 2.24) is 10.2 Å². The van der Waals surface area contributed by atoms with Crippen molar-refractivity contribution in [3.8, 4) is 0 Å². The molecule has 0 bridgehead atoms. The van der Waals surface area contributed by atoms with Crippen molar-refractivity contribution in [3.05, 3.63) is 0 Å². The summed E-state index contributed by atoms with van der Waals surface area (Å²) in [5.74, 6) is 0. The summed E-state index contributed by atoms with van der Waals surface area (Å²) in [7, 11) is 3.48. The Morgan fingerprint density at radius 2 is 2.38 bits per heavy atom.